The lowest BCUT2D eigenvalue weighted by Crippen LogP contribution is -2.25. The van der Waals surface area contributed by atoms with Gasteiger partial charge in [-0.1, -0.05) is 35.9 Å². The molecule has 2 rings (SSSR count). The van der Waals surface area contributed by atoms with Gasteiger partial charge in [-0.2, -0.15) is 0 Å². The minimum absolute atomic E-state index is 0.0494. The van der Waals surface area contributed by atoms with Crippen LogP contribution in [0.1, 0.15) is 16.8 Å². The fourth-order valence-electron chi connectivity index (χ4n) is 1.81. The Kier molecular flexibility index (Phi) is 5.62. The molecule has 0 unspecified atom stereocenters. The fourth-order valence-corrected chi connectivity index (χ4v) is 2.61. The Morgan fingerprint density at radius 1 is 1.25 bits per heavy atom. The van der Waals surface area contributed by atoms with Crippen LogP contribution in [0.15, 0.2) is 48.7 Å². The van der Waals surface area contributed by atoms with Gasteiger partial charge < -0.3 is 5.32 Å². The van der Waals surface area contributed by atoms with E-state index in [4.69, 9.17) is 0 Å². The lowest BCUT2D eigenvalue weighted by Gasteiger charge is -2.05. The first-order valence-electron chi connectivity index (χ1n) is 6.54. The van der Waals surface area contributed by atoms with Crippen molar-refractivity contribution in [2.24, 2.45) is 0 Å². The summed E-state index contributed by atoms with van der Waals surface area (Å²) in [5, 5.41) is 2.87. The molecule has 0 aliphatic heterocycles. The molecule has 0 bridgehead atoms. The molecule has 2 aromatic rings. The van der Waals surface area contributed by atoms with Crippen LogP contribution in [-0.2, 0) is 17.1 Å². The Balaban J connectivity index is 1.68. The van der Waals surface area contributed by atoms with Gasteiger partial charge in [0, 0.05) is 11.9 Å². The summed E-state index contributed by atoms with van der Waals surface area (Å²) in [6.07, 6.45) is 1.73. The van der Waals surface area contributed by atoms with Crippen LogP contribution < -0.4 is 5.32 Å². The fraction of sp³-hybridized carbons (Fsp3) is 0.250. The van der Waals surface area contributed by atoms with E-state index in [-0.39, 0.29) is 5.91 Å². The SMILES string of the molecule is Cc1cccc(CSCC(=O)NCc2ccccn2)c1. The number of thioether (sulfide) groups is 1. The number of benzene rings is 1. The molecule has 0 atom stereocenters. The number of hydrogen-bond donors (Lipinski definition) is 1. The van der Waals surface area contributed by atoms with Crippen molar-refractivity contribution >= 4 is 17.7 Å². The molecule has 0 radical (unpaired) electrons. The van der Waals surface area contributed by atoms with Crippen LogP contribution in [0.5, 0.6) is 0 Å². The summed E-state index contributed by atoms with van der Waals surface area (Å²) in [7, 11) is 0. The number of aromatic nitrogens is 1. The van der Waals surface area contributed by atoms with E-state index in [1.54, 1.807) is 18.0 Å². The van der Waals surface area contributed by atoms with Crippen molar-refractivity contribution in [3.63, 3.8) is 0 Å². The zero-order valence-electron chi connectivity index (χ0n) is 11.5. The highest BCUT2D eigenvalue weighted by Crippen LogP contribution is 2.13. The second-order valence-electron chi connectivity index (χ2n) is 4.58. The van der Waals surface area contributed by atoms with Crippen LogP contribution in [0.4, 0.5) is 0 Å². The minimum Gasteiger partial charge on any atom is -0.350 e. The smallest absolute Gasteiger partial charge is 0.230 e. The van der Waals surface area contributed by atoms with E-state index in [1.165, 1.54) is 11.1 Å². The summed E-state index contributed by atoms with van der Waals surface area (Å²) in [4.78, 5) is 15.9. The molecule has 0 saturated carbocycles. The van der Waals surface area contributed by atoms with Crippen LogP contribution >= 0.6 is 11.8 Å². The maximum absolute atomic E-state index is 11.7. The van der Waals surface area contributed by atoms with E-state index >= 15 is 0 Å². The summed E-state index contributed by atoms with van der Waals surface area (Å²) in [6, 6.07) is 14.1. The maximum Gasteiger partial charge on any atom is 0.230 e. The zero-order valence-corrected chi connectivity index (χ0v) is 12.3. The number of carbonyl (C=O) groups excluding carboxylic acids is 1. The van der Waals surface area contributed by atoms with Gasteiger partial charge in [-0.05, 0) is 24.6 Å². The highest BCUT2D eigenvalue weighted by Gasteiger charge is 2.02. The molecule has 1 aromatic heterocycles. The van der Waals surface area contributed by atoms with Crippen LogP contribution in [0.25, 0.3) is 0 Å². The van der Waals surface area contributed by atoms with Crippen molar-refractivity contribution < 1.29 is 4.79 Å². The van der Waals surface area contributed by atoms with Gasteiger partial charge in [-0.15, -0.1) is 11.8 Å². The second-order valence-corrected chi connectivity index (χ2v) is 5.57. The molecule has 20 heavy (non-hydrogen) atoms. The van der Waals surface area contributed by atoms with Gasteiger partial charge in [0.25, 0.3) is 0 Å². The highest BCUT2D eigenvalue weighted by atomic mass is 32.2. The highest BCUT2D eigenvalue weighted by molar-refractivity contribution is 7.99. The number of pyridine rings is 1. The van der Waals surface area contributed by atoms with E-state index < -0.39 is 0 Å². The molecule has 1 aromatic carbocycles. The number of hydrogen-bond acceptors (Lipinski definition) is 3. The molecule has 3 nitrogen and oxygen atoms in total. The Hall–Kier alpha value is -1.81. The Morgan fingerprint density at radius 2 is 2.15 bits per heavy atom. The summed E-state index contributed by atoms with van der Waals surface area (Å²) in [5.74, 6) is 1.38. The number of nitrogens with zero attached hydrogens (tertiary/aromatic N) is 1. The van der Waals surface area contributed by atoms with Crippen LogP contribution in [0.2, 0.25) is 0 Å². The van der Waals surface area contributed by atoms with Crippen LogP contribution in [0, 0.1) is 6.92 Å². The van der Waals surface area contributed by atoms with Crippen LogP contribution in [-0.4, -0.2) is 16.6 Å². The lowest BCUT2D eigenvalue weighted by atomic mass is 10.2. The maximum atomic E-state index is 11.7. The standard InChI is InChI=1S/C16H18N2OS/c1-13-5-4-6-14(9-13)11-20-12-16(19)18-10-15-7-2-3-8-17-15/h2-9H,10-12H2,1H3,(H,18,19). The number of carbonyl (C=O) groups is 1. The first-order chi connectivity index (χ1) is 9.74. The van der Waals surface area contributed by atoms with Gasteiger partial charge in [0.05, 0.1) is 18.0 Å². The van der Waals surface area contributed by atoms with Crippen molar-refractivity contribution in [1.82, 2.24) is 10.3 Å². The monoisotopic (exact) mass is 286 g/mol. The molecule has 1 heterocycles. The molecular formula is C16H18N2OS. The van der Waals surface area contributed by atoms with Crippen molar-refractivity contribution in [2.75, 3.05) is 5.75 Å². The van der Waals surface area contributed by atoms with Gasteiger partial charge >= 0.3 is 0 Å². The predicted molar refractivity (Wildman–Crippen MR) is 83.4 cm³/mol. The van der Waals surface area contributed by atoms with Crippen LogP contribution in [0.3, 0.4) is 0 Å². The molecule has 1 N–H and O–H groups in total. The normalized spacial score (nSPS) is 10.2. The number of rotatable bonds is 6. The quantitative estimate of drug-likeness (QED) is 0.887. The van der Waals surface area contributed by atoms with Gasteiger partial charge in [-0.3, -0.25) is 9.78 Å². The third kappa shape index (κ3) is 5.05. The van der Waals surface area contributed by atoms with Gasteiger partial charge in [0.1, 0.15) is 0 Å². The molecular weight excluding hydrogens is 268 g/mol. The average Bonchev–Trinajstić information content (AvgIpc) is 2.46. The summed E-state index contributed by atoms with van der Waals surface area (Å²) < 4.78 is 0. The molecule has 104 valence electrons. The number of amides is 1. The third-order valence-electron chi connectivity index (χ3n) is 2.78. The van der Waals surface area contributed by atoms with E-state index in [9.17, 15) is 4.79 Å². The second kappa shape index (κ2) is 7.70. The van der Waals surface area contributed by atoms with Crippen molar-refractivity contribution in [3.05, 3.63) is 65.5 Å². The van der Waals surface area contributed by atoms with Crippen molar-refractivity contribution in [1.29, 1.82) is 0 Å². The summed E-state index contributed by atoms with van der Waals surface area (Å²) >= 11 is 1.63. The number of nitrogens with one attached hydrogen (secondary N) is 1. The van der Waals surface area contributed by atoms with E-state index in [2.05, 4.69) is 35.4 Å². The van der Waals surface area contributed by atoms with Gasteiger partial charge in [0.2, 0.25) is 5.91 Å². The largest absolute Gasteiger partial charge is 0.350 e. The van der Waals surface area contributed by atoms with Crippen molar-refractivity contribution in [2.45, 2.75) is 19.2 Å². The first-order valence-corrected chi connectivity index (χ1v) is 7.69. The molecule has 4 heteroatoms. The van der Waals surface area contributed by atoms with Gasteiger partial charge in [-0.25, -0.2) is 0 Å². The third-order valence-corrected chi connectivity index (χ3v) is 3.78. The molecule has 0 aliphatic rings. The molecule has 0 fully saturated rings. The molecule has 0 spiro atoms. The van der Waals surface area contributed by atoms with E-state index in [0.29, 0.717) is 12.3 Å². The van der Waals surface area contributed by atoms with Gasteiger partial charge in [0.15, 0.2) is 0 Å². The molecule has 0 aliphatic carbocycles. The Labute approximate surface area is 123 Å². The molecule has 0 saturated heterocycles. The first kappa shape index (κ1) is 14.6. The lowest BCUT2D eigenvalue weighted by molar-refractivity contribution is -0.118. The van der Waals surface area contributed by atoms with E-state index in [0.717, 1.165) is 11.4 Å². The average molecular weight is 286 g/mol. The predicted octanol–water partition coefficient (Wildman–Crippen LogP) is 2.94. The Bertz CT molecular complexity index is 557. The number of aryl methyl sites for hydroxylation is 1. The zero-order chi connectivity index (χ0) is 14.2. The summed E-state index contributed by atoms with van der Waals surface area (Å²) in [5.41, 5.74) is 3.39. The van der Waals surface area contributed by atoms with E-state index in [1.807, 2.05) is 24.3 Å². The topological polar surface area (TPSA) is 42.0 Å². The minimum atomic E-state index is 0.0494. The van der Waals surface area contributed by atoms with Crippen molar-refractivity contribution in [3.8, 4) is 0 Å². The molecule has 1 amide bonds. The summed E-state index contributed by atoms with van der Waals surface area (Å²) in [6.45, 7) is 2.57. The Morgan fingerprint density at radius 3 is 2.90 bits per heavy atom.